The lowest BCUT2D eigenvalue weighted by Gasteiger charge is -2.15. The van der Waals surface area contributed by atoms with Gasteiger partial charge < -0.3 is 5.32 Å². The molecule has 1 aliphatic heterocycles. The Balaban J connectivity index is 2.53. The summed E-state index contributed by atoms with van der Waals surface area (Å²) in [5.41, 5.74) is 0.301. The molecule has 0 aliphatic carbocycles. The fourth-order valence-electron chi connectivity index (χ4n) is 1.70. The Morgan fingerprint density at radius 2 is 2.08 bits per heavy atom. The fraction of sp³-hybridized carbons (Fsp3) is 0.900. The van der Waals surface area contributed by atoms with Crippen LogP contribution in [0.25, 0.3) is 0 Å². The molecule has 0 aromatic carbocycles. The number of Topliss-reactive ketones (excluding diaryl/α,β-unsaturated/α-hetero) is 1. The molecule has 70 valence electrons. The molecule has 0 aromatic heterocycles. The van der Waals surface area contributed by atoms with E-state index in [-0.39, 0.29) is 12.0 Å². The minimum atomic E-state index is 0.111. The van der Waals surface area contributed by atoms with Gasteiger partial charge in [0.2, 0.25) is 0 Å². The number of hydrogen-bond acceptors (Lipinski definition) is 2. The second-order valence-electron chi connectivity index (χ2n) is 4.86. The molecule has 0 aromatic rings. The third-order valence-electron chi connectivity index (χ3n) is 2.50. The largest absolute Gasteiger partial charge is 0.307 e. The molecule has 1 aliphatic rings. The molecular weight excluding hydrogens is 150 g/mol. The van der Waals surface area contributed by atoms with Gasteiger partial charge in [-0.2, -0.15) is 0 Å². The summed E-state index contributed by atoms with van der Waals surface area (Å²) in [4.78, 5) is 11.6. The molecule has 0 saturated carbocycles. The van der Waals surface area contributed by atoms with E-state index >= 15 is 0 Å². The van der Waals surface area contributed by atoms with Crippen LogP contribution in [0, 0.1) is 11.3 Å². The first-order valence-corrected chi connectivity index (χ1v) is 4.69. The minimum Gasteiger partial charge on any atom is -0.307 e. The third-order valence-corrected chi connectivity index (χ3v) is 2.50. The second kappa shape index (κ2) is 3.17. The average molecular weight is 169 g/mol. The lowest BCUT2D eigenvalue weighted by Crippen LogP contribution is -2.33. The highest BCUT2D eigenvalue weighted by Gasteiger charge is 2.34. The van der Waals surface area contributed by atoms with Crippen molar-refractivity contribution in [1.29, 1.82) is 0 Å². The summed E-state index contributed by atoms with van der Waals surface area (Å²) in [5.74, 6) is 0.525. The molecule has 1 heterocycles. The first-order valence-electron chi connectivity index (χ1n) is 4.69. The van der Waals surface area contributed by atoms with Crippen molar-refractivity contribution in [3.8, 4) is 0 Å². The smallest absolute Gasteiger partial charge is 0.152 e. The van der Waals surface area contributed by atoms with E-state index in [0.717, 1.165) is 13.0 Å². The van der Waals surface area contributed by atoms with Crippen molar-refractivity contribution in [3.63, 3.8) is 0 Å². The molecular formula is C10H19NO. The normalized spacial score (nSPS) is 27.9. The monoisotopic (exact) mass is 169 g/mol. The zero-order chi connectivity index (χ0) is 9.35. The Kier molecular flexibility index (Phi) is 2.57. The van der Waals surface area contributed by atoms with E-state index in [4.69, 9.17) is 0 Å². The van der Waals surface area contributed by atoms with Crippen LogP contribution in [0.5, 0.6) is 0 Å². The van der Waals surface area contributed by atoms with Gasteiger partial charge in [-0.1, -0.05) is 27.7 Å². The summed E-state index contributed by atoms with van der Waals surface area (Å²) in [6.07, 6.45) is 0.990. The summed E-state index contributed by atoms with van der Waals surface area (Å²) in [6.45, 7) is 9.31. The quantitative estimate of drug-likeness (QED) is 0.680. The van der Waals surface area contributed by atoms with Crippen LogP contribution >= 0.6 is 0 Å². The number of ketones is 1. The van der Waals surface area contributed by atoms with Crippen molar-refractivity contribution in [2.45, 2.75) is 40.2 Å². The maximum atomic E-state index is 11.6. The van der Waals surface area contributed by atoms with Crippen molar-refractivity contribution in [3.05, 3.63) is 0 Å². The van der Waals surface area contributed by atoms with Crippen LogP contribution in [0.1, 0.15) is 34.1 Å². The van der Waals surface area contributed by atoms with Crippen LogP contribution in [0.3, 0.4) is 0 Å². The standard InChI is InChI=1S/C10H19NO/c1-7(2)9(12)8-5-10(3,4)6-11-8/h7-8,11H,5-6H2,1-4H3/t8-/m0/s1. The zero-order valence-electron chi connectivity index (χ0n) is 8.48. The van der Waals surface area contributed by atoms with E-state index in [9.17, 15) is 4.79 Å². The molecule has 12 heavy (non-hydrogen) atoms. The van der Waals surface area contributed by atoms with Crippen LogP contribution in [0.4, 0.5) is 0 Å². The predicted molar refractivity (Wildman–Crippen MR) is 50.0 cm³/mol. The molecule has 0 unspecified atom stereocenters. The second-order valence-corrected chi connectivity index (χ2v) is 4.86. The topological polar surface area (TPSA) is 29.1 Å². The Bertz CT molecular complexity index is 184. The van der Waals surface area contributed by atoms with Crippen LogP contribution in [-0.2, 0) is 4.79 Å². The van der Waals surface area contributed by atoms with E-state index in [2.05, 4.69) is 19.2 Å². The van der Waals surface area contributed by atoms with Gasteiger partial charge in [0.25, 0.3) is 0 Å². The van der Waals surface area contributed by atoms with E-state index in [1.807, 2.05) is 13.8 Å². The van der Waals surface area contributed by atoms with E-state index in [1.54, 1.807) is 0 Å². The third kappa shape index (κ3) is 2.07. The van der Waals surface area contributed by atoms with Crippen molar-refractivity contribution in [1.82, 2.24) is 5.32 Å². The van der Waals surface area contributed by atoms with Crippen LogP contribution in [0.2, 0.25) is 0 Å². The van der Waals surface area contributed by atoms with Gasteiger partial charge in [-0.05, 0) is 11.8 Å². The fourth-order valence-corrected chi connectivity index (χ4v) is 1.70. The highest BCUT2D eigenvalue weighted by molar-refractivity contribution is 5.86. The molecule has 0 radical (unpaired) electrons. The summed E-state index contributed by atoms with van der Waals surface area (Å²) < 4.78 is 0. The average Bonchev–Trinajstić information content (AvgIpc) is 2.28. The Hall–Kier alpha value is -0.370. The summed E-state index contributed by atoms with van der Waals surface area (Å²) in [5, 5.41) is 3.28. The highest BCUT2D eigenvalue weighted by atomic mass is 16.1. The molecule has 1 saturated heterocycles. The number of nitrogens with one attached hydrogen (secondary N) is 1. The minimum absolute atomic E-state index is 0.111. The SMILES string of the molecule is CC(C)C(=O)[C@@H]1CC(C)(C)CN1. The van der Waals surface area contributed by atoms with Crippen LogP contribution in [-0.4, -0.2) is 18.4 Å². The van der Waals surface area contributed by atoms with Gasteiger partial charge in [-0.15, -0.1) is 0 Å². The molecule has 1 rings (SSSR count). The number of carbonyl (C=O) groups excluding carboxylic acids is 1. The maximum absolute atomic E-state index is 11.6. The van der Waals surface area contributed by atoms with Crippen molar-refractivity contribution in [2.75, 3.05) is 6.54 Å². The van der Waals surface area contributed by atoms with Crippen molar-refractivity contribution < 1.29 is 4.79 Å². The summed E-state index contributed by atoms with van der Waals surface area (Å²) in [7, 11) is 0. The highest BCUT2D eigenvalue weighted by Crippen LogP contribution is 2.28. The molecule has 1 fully saturated rings. The van der Waals surface area contributed by atoms with Gasteiger partial charge in [0, 0.05) is 12.5 Å². The van der Waals surface area contributed by atoms with Crippen LogP contribution in [0.15, 0.2) is 0 Å². The van der Waals surface area contributed by atoms with Gasteiger partial charge in [-0.25, -0.2) is 0 Å². The van der Waals surface area contributed by atoms with Gasteiger partial charge in [0.15, 0.2) is 5.78 Å². The lowest BCUT2D eigenvalue weighted by atomic mass is 9.88. The molecule has 2 nitrogen and oxygen atoms in total. The van der Waals surface area contributed by atoms with E-state index < -0.39 is 0 Å². The van der Waals surface area contributed by atoms with Gasteiger partial charge in [0.05, 0.1) is 6.04 Å². The maximum Gasteiger partial charge on any atom is 0.152 e. The lowest BCUT2D eigenvalue weighted by molar-refractivity contribution is -0.123. The Morgan fingerprint density at radius 1 is 1.50 bits per heavy atom. The summed E-state index contributed by atoms with van der Waals surface area (Å²) >= 11 is 0. The molecule has 0 amide bonds. The van der Waals surface area contributed by atoms with Gasteiger partial charge >= 0.3 is 0 Å². The van der Waals surface area contributed by atoms with Gasteiger partial charge in [0.1, 0.15) is 0 Å². The molecule has 1 N–H and O–H groups in total. The number of hydrogen-bond donors (Lipinski definition) is 1. The molecule has 2 heteroatoms. The first kappa shape index (κ1) is 9.72. The number of carbonyl (C=O) groups is 1. The molecule has 1 atom stereocenters. The molecule has 0 bridgehead atoms. The zero-order valence-corrected chi connectivity index (χ0v) is 8.48. The van der Waals surface area contributed by atoms with Crippen molar-refractivity contribution >= 4 is 5.78 Å². The molecule has 0 spiro atoms. The van der Waals surface area contributed by atoms with Gasteiger partial charge in [-0.3, -0.25) is 4.79 Å². The number of rotatable bonds is 2. The Labute approximate surface area is 74.7 Å². The predicted octanol–water partition coefficient (Wildman–Crippen LogP) is 1.60. The van der Waals surface area contributed by atoms with E-state index in [0.29, 0.717) is 11.2 Å². The van der Waals surface area contributed by atoms with Crippen molar-refractivity contribution in [2.24, 2.45) is 11.3 Å². The Morgan fingerprint density at radius 3 is 2.42 bits per heavy atom. The summed E-state index contributed by atoms with van der Waals surface area (Å²) in [6, 6.07) is 0.111. The first-order chi connectivity index (χ1) is 5.42. The van der Waals surface area contributed by atoms with E-state index in [1.165, 1.54) is 0 Å². The van der Waals surface area contributed by atoms with Crippen LogP contribution < -0.4 is 5.32 Å².